The third-order valence-corrected chi connectivity index (χ3v) is 2.27. The average molecular weight is 218 g/mol. The zero-order valence-corrected chi connectivity index (χ0v) is 9.05. The molecule has 0 unspecified atom stereocenters. The van der Waals surface area contributed by atoms with Gasteiger partial charge >= 0.3 is 0 Å². The molecule has 0 saturated carbocycles. The van der Waals surface area contributed by atoms with Crippen LogP contribution in [0.1, 0.15) is 6.92 Å². The lowest BCUT2D eigenvalue weighted by Crippen LogP contribution is -2.09. The molecule has 84 valence electrons. The first-order chi connectivity index (χ1) is 7.72. The minimum atomic E-state index is 0.448. The van der Waals surface area contributed by atoms with Gasteiger partial charge in [-0.3, -0.25) is 0 Å². The number of nitrogens with two attached hydrogens (primary N) is 2. The Morgan fingerprint density at radius 3 is 2.50 bits per heavy atom. The first-order valence-corrected chi connectivity index (χ1v) is 5.03. The number of hydrogen-bond acceptors (Lipinski definition) is 4. The highest BCUT2D eigenvalue weighted by atomic mass is 16.5. The summed E-state index contributed by atoms with van der Waals surface area (Å²) in [5.74, 6) is 6.84. The maximum atomic E-state index is 5.78. The molecule has 4 N–H and O–H groups in total. The summed E-state index contributed by atoms with van der Waals surface area (Å²) in [6.45, 7) is 2.60. The summed E-state index contributed by atoms with van der Waals surface area (Å²) in [5, 5.41) is 0. The summed E-state index contributed by atoms with van der Waals surface area (Å²) >= 11 is 0. The van der Waals surface area contributed by atoms with Crippen LogP contribution in [0.2, 0.25) is 0 Å². The van der Waals surface area contributed by atoms with Crippen molar-refractivity contribution in [3.63, 3.8) is 0 Å². The van der Waals surface area contributed by atoms with E-state index < -0.39 is 0 Å². The Morgan fingerprint density at radius 2 is 2.00 bits per heavy atom. The van der Waals surface area contributed by atoms with Crippen molar-refractivity contribution < 1.29 is 4.74 Å². The Morgan fingerprint density at radius 1 is 1.31 bits per heavy atom. The first-order valence-electron chi connectivity index (χ1n) is 5.03. The number of hydrogen-bond donors (Lipinski definition) is 2. The van der Waals surface area contributed by atoms with Gasteiger partial charge in [-0.15, -0.1) is 0 Å². The molecule has 0 saturated heterocycles. The molecule has 0 spiro atoms. The van der Waals surface area contributed by atoms with Gasteiger partial charge in [0.2, 0.25) is 0 Å². The Balaban J connectivity index is 2.31. The van der Waals surface area contributed by atoms with Gasteiger partial charge in [0, 0.05) is 5.56 Å². The molecule has 0 aliphatic carbocycles. The third kappa shape index (κ3) is 1.79. The normalized spacial score (nSPS) is 10.3. The number of nitrogens with zero attached hydrogens (tertiary/aromatic N) is 2. The molecule has 0 bridgehead atoms. The molecular weight excluding hydrogens is 204 g/mol. The highest BCUT2D eigenvalue weighted by Crippen LogP contribution is 2.24. The Labute approximate surface area is 93.6 Å². The molecule has 5 nitrogen and oxygen atoms in total. The van der Waals surface area contributed by atoms with Crippen molar-refractivity contribution in [3.05, 3.63) is 30.6 Å². The van der Waals surface area contributed by atoms with Gasteiger partial charge in [-0.05, 0) is 31.2 Å². The van der Waals surface area contributed by atoms with Crippen LogP contribution in [-0.4, -0.2) is 16.3 Å². The van der Waals surface area contributed by atoms with E-state index in [1.807, 2.05) is 31.2 Å². The van der Waals surface area contributed by atoms with Crippen molar-refractivity contribution in [2.75, 3.05) is 18.2 Å². The van der Waals surface area contributed by atoms with Crippen LogP contribution in [0.5, 0.6) is 5.75 Å². The van der Waals surface area contributed by atoms with Crippen LogP contribution in [0, 0.1) is 0 Å². The van der Waals surface area contributed by atoms with Crippen LogP contribution in [-0.2, 0) is 0 Å². The second-order valence-corrected chi connectivity index (χ2v) is 3.34. The van der Waals surface area contributed by atoms with Crippen LogP contribution < -0.4 is 16.3 Å². The van der Waals surface area contributed by atoms with E-state index in [2.05, 4.69) is 4.98 Å². The second-order valence-electron chi connectivity index (χ2n) is 3.34. The molecule has 1 aromatic heterocycles. The molecule has 0 atom stereocenters. The van der Waals surface area contributed by atoms with E-state index in [0.717, 1.165) is 11.3 Å². The summed E-state index contributed by atoms with van der Waals surface area (Å²) in [4.78, 5) is 4.13. The Kier molecular flexibility index (Phi) is 2.68. The van der Waals surface area contributed by atoms with Crippen molar-refractivity contribution in [1.82, 2.24) is 9.66 Å². The molecule has 1 heterocycles. The standard InChI is InChI=1S/C11H14N4O/c1-2-16-9-5-3-8(4-6-9)10-11(12)15(13)7-14-10/h3-7H,2,12-13H2,1H3. The highest BCUT2D eigenvalue weighted by molar-refractivity contribution is 5.70. The van der Waals surface area contributed by atoms with Crippen LogP contribution in [0.15, 0.2) is 30.6 Å². The van der Waals surface area contributed by atoms with E-state index >= 15 is 0 Å². The monoisotopic (exact) mass is 218 g/mol. The molecule has 0 aliphatic heterocycles. The second kappa shape index (κ2) is 4.14. The fourth-order valence-electron chi connectivity index (χ4n) is 1.47. The van der Waals surface area contributed by atoms with E-state index in [1.54, 1.807) is 0 Å². The van der Waals surface area contributed by atoms with Gasteiger partial charge in [0.25, 0.3) is 0 Å². The minimum absolute atomic E-state index is 0.448. The zero-order valence-electron chi connectivity index (χ0n) is 9.05. The Bertz CT molecular complexity index is 475. The molecular formula is C11H14N4O. The number of nitrogen functional groups attached to an aromatic ring is 2. The van der Waals surface area contributed by atoms with Crippen LogP contribution >= 0.6 is 0 Å². The molecule has 16 heavy (non-hydrogen) atoms. The molecule has 2 rings (SSSR count). The number of rotatable bonds is 3. The number of ether oxygens (including phenoxy) is 1. The number of benzene rings is 1. The largest absolute Gasteiger partial charge is 0.494 e. The summed E-state index contributed by atoms with van der Waals surface area (Å²) < 4.78 is 6.65. The number of aromatic nitrogens is 2. The van der Waals surface area contributed by atoms with Crippen LogP contribution in [0.25, 0.3) is 11.3 Å². The molecule has 0 amide bonds. The predicted molar refractivity (Wildman–Crippen MR) is 63.4 cm³/mol. The lowest BCUT2D eigenvalue weighted by molar-refractivity contribution is 0.340. The molecule has 5 heteroatoms. The van der Waals surface area contributed by atoms with Crippen molar-refractivity contribution in [3.8, 4) is 17.0 Å². The lowest BCUT2D eigenvalue weighted by Gasteiger charge is -2.04. The lowest BCUT2D eigenvalue weighted by atomic mass is 10.1. The van der Waals surface area contributed by atoms with E-state index in [4.69, 9.17) is 16.3 Å². The third-order valence-electron chi connectivity index (χ3n) is 2.27. The minimum Gasteiger partial charge on any atom is -0.494 e. The van der Waals surface area contributed by atoms with Crippen molar-refractivity contribution in [1.29, 1.82) is 0 Å². The van der Waals surface area contributed by atoms with Gasteiger partial charge in [-0.1, -0.05) is 0 Å². The first kappa shape index (κ1) is 10.4. The van der Waals surface area contributed by atoms with E-state index in [1.165, 1.54) is 11.0 Å². The smallest absolute Gasteiger partial charge is 0.150 e. The number of imidazole rings is 1. The zero-order chi connectivity index (χ0) is 11.5. The van der Waals surface area contributed by atoms with Crippen molar-refractivity contribution >= 4 is 5.82 Å². The van der Waals surface area contributed by atoms with Crippen molar-refractivity contribution in [2.24, 2.45) is 0 Å². The van der Waals surface area contributed by atoms with Crippen LogP contribution in [0.4, 0.5) is 5.82 Å². The van der Waals surface area contributed by atoms with E-state index in [9.17, 15) is 0 Å². The van der Waals surface area contributed by atoms with Crippen LogP contribution in [0.3, 0.4) is 0 Å². The summed E-state index contributed by atoms with van der Waals surface area (Å²) in [7, 11) is 0. The quantitative estimate of drug-likeness (QED) is 0.760. The summed E-state index contributed by atoms with van der Waals surface area (Å²) in [5.41, 5.74) is 7.38. The number of anilines is 1. The maximum absolute atomic E-state index is 5.78. The average Bonchev–Trinajstić information content (AvgIpc) is 2.62. The van der Waals surface area contributed by atoms with Gasteiger partial charge in [-0.25, -0.2) is 9.66 Å². The maximum Gasteiger partial charge on any atom is 0.150 e. The topological polar surface area (TPSA) is 79.1 Å². The highest BCUT2D eigenvalue weighted by Gasteiger charge is 2.07. The van der Waals surface area contributed by atoms with E-state index in [0.29, 0.717) is 18.1 Å². The molecule has 0 radical (unpaired) electrons. The molecule has 0 aliphatic rings. The fraction of sp³-hybridized carbons (Fsp3) is 0.182. The van der Waals surface area contributed by atoms with Gasteiger partial charge in [-0.2, -0.15) is 0 Å². The van der Waals surface area contributed by atoms with Crippen molar-refractivity contribution in [2.45, 2.75) is 6.92 Å². The Hall–Kier alpha value is -2.17. The fourth-order valence-corrected chi connectivity index (χ4v) is 1.47. The van der Waals surface area contributed by atoms with Gasteiger partial charge in [0.05, 0.1) is 6.61 Å². The molecule has 2 aromatic rings. The van der Waals surface area contributed by atoms with Gasteiger partial charge < -0.3 is 16.3 Å². The SMILES string of the molecule is CCOc1ccc(-c2ncn(N)c2N)cc1. The summed E-state index contributed by atoms with van der Waals surface area (Å²) in [6.07, 6.45) is 1.49. The summed E-state index contributed by atoms with van der Waals surface area (Å²) in [6, 6.07) is 7.58. The van der Waals surface area contributed by atoms with Gasteiger partial charge in [0.15, 0.2) is 0 Å². The molecule has 1 aromatic carbocycles. The molecule has 0 fully saturated rings. The van der Waals surface area contributed by atoms with E-state index in [-0.39, 0.29) is 0 Å². The predicted octanol–water partition coefficient (Wildman–Crippen LogP) is 1.24. The van der Waals surface area contributed by atoms with Gasteiger partial charge in [0.1, 0.15) is 23.6 Å².